The molecule has 1 amide bonds. The molecule has 2 aromatic carbocycles. The van der Waals surface area contributed by atoms with E-state index in [0.717, 1.165) is 17.7 Å². The summed E-state index contributed by atoms with van der Waals surface area (Å²) in [4.78, 5) is 25.0. The Balaban J connectivity index is 1.73. The predicted octanol–water partition coefficient (Wildman–Crippen LogP) is 6.32. The Morgan fingerprint density at radius 1 is 1.08 bits per heavy atom. The van der Waals surface area contributed by atoms with Crippen LogP contribution in [-0.4, -0.2) is 32.0 Å². The lowest BCUT2D eigenvalue weighted by Gasteiger charge is -2.27. The summed E-state index contributed by atoms with van der Waals surface area (Å²) in [5.74, 6) is -1.06. The van der Waals surface area contributed by atoms with Crippen LogP contribution in [0.25, 0.3) is 5.70 Å². The van der Waals surface area contributed by atoms with Crippen LogP contribution in [0.1, 0.15) is 43.7 Å². The van der Waals surface area contributed by atoms with Crippen LogP contribution in [0.15, 0.2) is 43.0 Å². The minimum atomic E-state index is -4.88. The molecule has 38 heavy (non-hydrogen) atoms. The molecule has 11 heteroatoms. The van der Waals surface area contributed by atoms with E-state index in [0.29, 0.717) is 43.1 Å². The first-order valence-electron chi connectivity index (χ1n) is 12.1. The number of halogens is 4. The number of rotatable bonds is 10. The standard InChI is InChI=1S/C27H30ClF3N2O5/c1-4-37-26(35)19-8-6-18(7-9-19)25(34)33-23-11-10-20(38-27(29,30)31)14-21(23)16(2)32-15-17-5-12-24(36-3)22(28)13-17/h5,10-14,18-19,32H,2,4,6-9,15H2,1,3H3,(H,33,34). The molecule has 0 heterocycles. The molecule has 0 unspecified atom stereocenters. The molecule has 0 atom stereocenters. The lowest BCUT2D eigenvalue weighted by atomic mass is 9.81. The highest BCUT2D eigenvalue weighted by Crippen LogP contribution is 2.34. The van der Waals surface area contributed by atoms with Gasteiger partial charge in [-0.25, -0.2) is 0 Å². The number of esters is 1. The van der Waals surface area contributed by atoms with Gasteiger partial charge in [0.2, 0.25) is 5.91 Å². The van der Waals surface area contributed by atoms with Crippen molar-refractivity contribution < 1.29 is 37.0 Å². The predicted molar refractivity (Wildman–Crippen MR) is 138 cm³/mol. The maximum absolute atomic E-state index is 13.0. The molecular formula is C27H30ClF3N2O5. The van der Waals surface area contributed by atoms with Crippen LogP contribution in [0.5, 0.6) is 11.5 Å². The summed E-state index contributed by atoms with van der Waals surface area (Å²) in [6.45, 7) is 6.26. The highest BCUT2D eigenvalue weighted by atomic mass is 35.5. The third-order valence-electron chi connectivity index (χ3n) is 6.25. The van der Waals surface area contributed by atoms with Gasteiger partial charge in [0.1, 0.15) is 11.5 Å². The van der Waals surface area contributed by atoms with Gasteiger partial charge in [-0.1, -0.05) is 24.2 Å². The number of alkyl halides is 3. The topological polar surface area (TPSA) is 85.9 Å². The Bertz CT molecular complexity index is 1160. The van der Waals surface area contributed by atoms with Crippen molar-refractivity contribution in [2.24, 2.45) is 11.8 Å². The molecule has 1 aliphatic carbocycles. The number of carbonyl (C=O) groups excluding carboxylic acids is 2. The van der Waals surface area contributed by atoms with Gasteiger partial charge >= 0.3 is 12.3 Å². The molecule has 0 bridgehead atoms. The van der Waals surface area contributed by atoms with Gasteiger partial charge in [-0.15, -0.1) is 13.2 Å². The largest absolute Gasteiger partial charge is 0.573 e. The normalized spacial score (nSPS) is 17.3. The van der Waals surface area contributed by atoms with Gasteiger partial charge in [0.15, 0.2) is 0 Å². The first-order chi connectivity index (χ1) is 18.0. The van der Waals surface area contributed by atoms with E-state index in [1.165, 1.54) is 13.2 Å². The molecule has 0 aromatic heterocycles. The fraction of sp³-hybridized carbons (Fsp3) is 0.407. The fourth-order valence-corrected chi connectivity index (χ4v) is 4.57. The van der Waals surface area contributed by atoms with Gasteiger partial charge in [0.25, 0.3) is 0 Å². The van der Waals surface area contributed by atoms with Gasteiger partial charge in [-0.05, 0) is 68.5 Å². The summed E-state index contributed by atoms with van der Waals surface area (Å²) in [6, 6.07) is 8.80. The summed E-state index contributed by atoms with van der Waals surface area (Å²) in [5.41, 5.74) is 1.57. The summed E-state index contributed by atoms with van der Waals surface area (Å²) < 4.78 is 52.8. The van der Waals surface area contributed by atoms with E-state index in [1.807, 2.05) is 0 Å². The van der Waals surface area contributed by atoms with Gasteiger partial charge < -0.3 is 24.8 Å². The quantitative estimate of drug-likeness (QED) is 0.334. The third kappa shape index (κ3) is 8.05. The molecule has 0 radical (unpaired) electrons. The zero-order valence-corrected chi connectivity index (χ0v) is 21.9. The molecule has 0 saturated heterocycles. The van der Waals surface area contributed by atoms with Gasteiger partial charge in [0, 0.05) is 23.7 Å². The zero-order valence-electron chi connectivity index (χ0n) is 21.1. The summed E-state index contributed by atoms with van der Waals surface area (Å²) in [5, 5.41) is 6.28. The summed E-state index contributed by atoms with van der Waals surface area (Å²) in [6.07, 6.45) is -2.83. The monoisotopic (exact) mass is 554 g/mol. The minimum Gasteiger partial charge on any atom is -0.495 e. The van der Waals surface area contributed by atoms with Crippen LogP contribution in [0.2, 0.25) is 5.02 Å². The lowest BCUT2D eigenvalue weighted by molar-refractivity contribution is -0.274. The highest BCUT2D eigenvalue weighted by Gasteiger charge is 2.33. The van der Waals surface area contributed by atoms with E-state index in [1.54, 1.807) is 25.1 Å². The van der Waals surface area contributed by atoms with Gasteiger partial charge in [0.05, 0.1) is 30.3 Å². The molecule has 3 rings (SSSR count). The number of hydrogen-bond acceptors (Lipinski definition) is 6. The Morgan fingerprint density at radius 3 is 2.37 bits per heavy atom. The lowest BCUT2D eigenvalue weighted by Crippen LogP contribution is -2.30. The molecule has 1 aliphatic rings. The van der Waals surface area contributed by atoms with Crippen molar-refractivity contribution in [1.82, 2.24) is 5.32 Å². The van der Waals surface area contributed by atoms with E-state index in [-0.39, 0.29) is 47.2 Å². The molecule has 0 spiro atoms. The Morgan fingerprint density at radius 2 is 1.76 bits per heavy atom. The second-order valence-corrected chi connectivity index (χ2v) is 9.25. The Labute approximate surface area is 224 Å². The molecular weight excluding hydrogens is 525 g/mol. The SMILES string of the molecule is C=C(NCc1ccc(OC)c(Cl)c1)c1cc(OC(F)(F)F)ccc1NC(=O)C1CCC(C(=O)OCC)CC1. The number of methoxy groups -OCH3 is 1. The van der Waals surface area contributed by atoms with Crippen molar-refractivity contribution in [3.05, 3.63) is 59.1 Å². The summed E-state index contributed by atoms with van der Waals surface area (Å²) >= 11 is 6.17. The van der Waals surface area contributed by atoms with Crippen molar-refractivity contribution in [3.63, 3.8) is 0 Å². The highest BCUT2D eigenvalue weighted by molar-refractivity contribution is 6.32. The Hall–Kier alpha value is -3.40. The zero-order chi connectivity index (χ0) is 27.9. The van der Waals surface area contributed by atoms with E-state index in [2.05, 4.69) is 21.9 Å². The van der Waals surface area contributed by atoms with E-state index in [4.69, 9.17) is 21.1 Å². The van der Waals surface area contributed by atoms with Gasteiger partial charge in [-0.3, -0.25) is 9.59 Å². The van der Waals surface area contributed by atoms with E-state index in [9.17, 15) is 22.8 Å². The molecule has 0 aliphatic heterocycles. The average molecular weight is 555 g/mol. The number of nitrogens with one attached hydrogen (secondary N) is 2. The minimum absolute atomic E-state index is 0.233. The van der Waals surface area contributed by atoms with Crippen molar-refractivity contribution in [3.8, 4) is 11.5 Å². The second-order valence-electron chi connectivity index (χ2n) is 8.85. The van der Waals surface area contributed by atoms with E-state index < -0.39 is 12.1 Å². The van der Waals surface area contributed by atoms with Crippen LogP contribution < -0.4 is 20.1 Å². The Kier molecular flexibility index (Phi) is 9.90. The number of anilines is 1. The number of carbonyl (C=O) groups is 2. The average Bonchev–Trinajstić information content (AvgIpc) is 2.87. The van der Waals surface area contributed by atoms with Gasteiger partial charge in [-0.2, -0.15) is 0 Å². The van der Waals surface area contributed by atoms with Crippen LogP contribution in [-0.2, 0) is 20.9 Å². The van der Waals surface area contributed by atoms with Crippen molar-refractivity contribution in [1.29, 1.82) is 0 Å². The smallest absolute Gasteiger partial charge is 0.495 e. The molecule has 2 N–H and O–H groups in total. The molecule has 1 saturated carbocycles. The van der Waals surface area contributed by atoms with Crippen molar-refractivity contribution in [2.45, 2.75) is 45.5 Å². The van der Waals surface area contributed by atoms with Crippen LogP contribution in [0, 0.1) is 11.8 Å². The van der Waals surface area contributed by atoms with Crippen molar-refractivity contribution >= 4 is 34.9 Å². The van der Waals surface area contributed by atoms with E-state index >= 15 is 0 Å². The van der Waals surface area contributed by atoms with Crippen LogP contribution in [0.3, 0.4) is 0 Å². The van der Waals surface area contributed by atoms with Crippen LogP contribution in [0.4, 0.5) is 18.9 Å². The maximum Gasteiger partial charge on any atom is 0.573 e. The molecule has 1 fully saturated rings. The van der Waals surface area contributed by atoms with Crippen LogP contribution >= 0.6 is 11.6 Å². The first kappa shape index (κ1) is 29.2. The maximum atomic E-state index is 13.0. The molecule has 206 valence electrons. The summed E-state index contributed by atoms with van der Waals surface area (Å²) in [7, 11) is 1.50. The third-order valence-corrected chi connectivity index (χ3v) is 6.54. The molecule has 7 nitrogen and oxygen atoms in total. The first-order valence-corrected chi connectivity index (χ1v) is 12.5. The number of amides is 1. The number of benzene rings is 2. The fourth-order valence-electron chi connectivity index (χ4n) is 4.29. The van der Waals surface area contributed by atoms with Crippen molar-refractivity contribution in [2.75, 3.05) is 19.0 Å². The molecule has 2 aromatic rings. The number of ether oxygens (including phenoxy) is 3. The number of hydrogen-bond donors (Lipinski definition) is 2. The second kappa shape index (κ2) is 12.9.